The molecule has 0 amide bonds. The third-order valence-electron chi connectivity index (χ3n) is 3.59. The maximum absolute atomic E-state index is 13.7. The van der Waals surface area contributed by atoms with Gasteiger partial charge in [0.25, 0.3) is 0 Å². The Balaban J connectivity index is 6.10. The van der Waals surface area contributed by atoms with Crippen LogP contribution in [0, 0.1) is 5.41 Å². The van der Waals surface area contributed by atoms with Crippen molar-refractivity contribution in [2.75, 3.05) is 13.2 Å². The Kier molecular flexibility index (Phi) is 9.87. The van der Waals surface area contributed by atoms with Gasteiger partial charge in [0.05, 0.1) is 13.2 Å². The highest BCUT2D eigenvalue weighted by Crippen LogP contribution is 2.60. The lowest BCUT2D eigenvalue weighted by molar-refractivity contribution is -0.265. The normalized spacial score (nSPS) is 16.2. The van der Waals surface area contributed by atoms with Gasteiger partial charge in [-0.3, -0.25) is 9.40 Å². The lowest BCUT2D eigenvalue weighted by atomic mass is 9.94. The van der Waals surface area contributed by atoms with Crippen LogP contribution in [0.3, 0.4) is 0 Å². The maximum Gasteiger partial charge on any atom is 0.350 e. The molecular weight excluding hydrogens is 381 g/mol. The van der Waals surface area contributed by atoms with Crippen molar-refractivity contribution in [3.05, 3.63) is 0 Å². The lowest BCUT2D eigenvalue weighted by Gasteiger charge is -2.48. The van der Waals surface area contributed by atoms with Crippen LogP contribution in [0.1, 0.15) is 83.1 Å². The first-order valence-corrected chi connectivity index (χ1v) is 11.6. The molecule has 2 unspecified atom stereocenters. The predicted octanol–water partition coefficient (Wildman–Crippen LogP) is 5.39. The van der Waals surface area contributed by atoms with E-state index in [0.29, 0.717) is 0 Å². The molecule has 0 N–H and O–H groups in total. The fourth-order valence-corrected chi connectivity index (χ4v) is 5.36. The van der Waals surface area contributed by atoms with E-state index in [-0.39, 0.29) is 13.2 Å². The van der Waals surface area contributed by atoms with Crippen molar-refractivity contribution in [1.82, 2.24) is 5.06 Å². The quantitative estimate of drug-likeness (QED) is 0.280. The number of carbonyl (C=O) groups excluding carboxylic acids is 1. The average molecular weight is 424 g/mol. The molecule has 8 heteroatoms. The summed E-state index contributed by atoms with van der Waals surface area (Å²) in [6.07, 6.45) is -0.889. The maximum atomic E-state index is 13.7. The van der Waals surface area contributed by atoms with Crippen LogP contribution in [0.4, 0.5) is 0 Å². The highest BCUT2D eigenvalue weighted by molar-refractivity contribution is 7.54. The molecule has 0 spiro atoms. The molecule has 28 heavy (non-hydrogen) atoms. The van der Waals surface area contributed by atoms with Gasteiger partial charge in [-0.1, -0.05) is 20.8 Å². The first-order chi connectivity index (χ1) is 12.4. The second kappa shape index (κ2) is 10.0. The monoisotopic (exact) mass is 423 g/mol. The van der Waals surface area contributed by atoms with Crippen LogP contribution >= 0.6 is 7.60 Å². The smallest absolute Gasteiger partial charge is 0.350 e. The van der Waals surface area contributed by atoms with Gasteiger partial charge in [-0.15, -0.1) is 0 Å². The van der Waals surface area contributed by atoms with Crippen LogP contribution < -0.4 is 0 Å². The fraction of sp³-hybridized carbons (Fsp3) is 0.950. The molecule has 0 aliphatic rings. The van der Waals surface area contributed by atoms with E-state index in [4.69, 9.17) is 18.6 Å². The largest absolute Gasteiger partial charge is 0.458 e. The van der Waals surface area contributed by atoms with Gasteiger partial charge in [0.15, 0.2) is 6.10 Å². The zero-order chi connectivity index (χ0) is 22.6. The molecule has 2 atom stereocenters. The van der Waals surface area contributed by atoms with E-state index in [9.17, 15) is 9.36 Å². The number of ether oxygens (including phenoxy) is 1. The highest BCUT2D eigenvalue weighted by atomic mass is 31.2. The Bertz CT molecular complexity index is 534. The number of carbonyl (C=O) groups is 1. The van der Waals surface area contributed by atoms with Gasteiger partial charge >= 0.3 is 13.6 Å². The van der Waals surface area contributed by atoms with E-state index in [1.807, 2.05) is 41.5 Å². The molecule has 0 aromatic rings. The van der Waals surface area contributed by atoms with Crippen LogP contribution in [0.15, 0.2) is 0 Å². The zero-order valence-electron chi connectivity index (χ0n) is 19.9. The van der Waals surface area contributed by atoms with Crippen LogP contribution in [0.25, 0.3) is 0 Å². The predicted molar refractivity (Wildman–Crippen MR) is 112 cm³/mol. The summed E-state index contributed by atoms with van der Waals surface area (Å²) in [6, 6.07) is 0. The van der Waals surface area contributed by atoms with Crippen LogP contribution in [0.5, 0.6) is 0 Å². The minimum absolute atomic E-state index is 0.240. The first-order valence-electron chi connectivity index (χ1n) is 9.96. The Morgan fingerprint density at radius 2 is 1.36 bits per heavy atom. The number of rotatable bonds is 9. The van der Waals surface area contributed by atoms with Gasteiger partial charge in [0, 0.05) is 5.54 Å². The van der Waals surface area contributed by atoms with Gasteiger partial charge in [-0.2, -0.15) is 5.06 Å². The number of hydrogen-bond acceptors (Lipinski definition) is 7. The third kappa shape index (κ3) is 8.50. The summed E-state index contributed by atoms with van der Waals surface area (Å²) in [5.41, 5.74) is -1.74. The van der Waals surface area contributed by atoms with Crippen molar-refractivity contribution in [3.63, 3.8) is 0 Å². The Hall–Kier alpha value is -0.460. The SMILES string of the molecule is CCOP(=O)(OCC)C(N(OC(C)C(=O)OC(C)(C)C)C(C)(C)C)C(C)(C)C. The van der Waals surface area contributed by atoms with E-state index < -0.39 is 42.0 Å². The van der Waals surface area contributed by atoms with Crippen molar-refractivity contribution in [2.24, 2.45) is 5.41 Å². The van der Waals surface area contributed by atoms with Crippen LogP contribution in [-0.2, 0) is 28.0 Å². The molecule has 0 heterocycles. The number of esters is 1. The van der Waals surface area contributed by atoms with Crippen LogP contribution in [-0.4, -0.2) is 47.3 Å². The summed E-state index contributed by atoms with van der Waals surface area (Å²) < 4.78 is 30.5. The van der Waals surface area contributed by atoms with Gasteiger partial charge in [0.2, 0.25) is 0 Å². The Morgan fingerprint density at radius 3 is 1.64 bits per heavy atom. The average Bonchev–Trinajstić information content (AvgIpc) is 2.42. The molecule has 0 saturated carbocycles. The molecule has 0 aliphatic heterocycles. The summed E-state index contributed by atoms with van der Waals surface area (Å²) in [5.74, 6) is -1.22. The van der Waals surface area contributed by atoms with Gasteiger partial charge in [-0.25, -0.2) is 4.79 Å². The topological polar surface area (TPSA) is 74.3 Å². The molecule has 0 fully saturated rings. The van der Waals surface area contributed by atoms with E-state index in [2.05, 4.69) is 0 Å². The van der Waals surface area contributed by atoms with E-state index in [1.165, 1.54) is 0 Å². The molecular formula is C20H42NO6P. The Labute approximate surface area is 171 Å². The molecule has 0 bridgehead atoms. The molecule has 0 aromatic carbocycles. The van der Waals surface area contributed by atoms with Crippen molar-refractivity contribution in [2.45, 2.75) is 106 Å². The van der Waals surface area contributed by atoms with E-state index in [0.717, 1.165) is 0 Å². The summed E-state index contributed by atoms with van der Waals surface area (Å²) in [6.45, 7) is 22.7. The van der Waals surface area contributed by atoms with Crippen molar-refractivity contribution >= 4 is 13.6 Å². The van der Waals surface area contributed by atoms with Gasteiger partial charge < -0.3 is 13.8 Å². The Morgan fingerprint density at radius 1 is 0.929 bits per heavy atom. The molecule has 0 radical (unpaired) electrons. The molecule has 0 saturated heterocycles. The van der Waals surface area contributed by atoms with Gasteiger partial charge in [0.1, 0.15) is 11.4 Å². The molecule has 0 aromatic heterocycles. The summed E-state index contributed by atoms with van der Waals surface area (Å²) >= 11 is 0. The number of hydroxylamine groups is 2. The second-order valence-corrected chi connectivity index (χ2v) is 12.0. The minimum atomic E-state index is -3.58. The fourth-order valence-electron chi connectivity index (χ4n) is 2.67. The molecule has 0 aliphatic carbocycles. The highest BCUT2D eigenvalue weighted by Gasteiger charge is 2.52. The summed E-state index contributed by atoms with van der Waals surface area (Å²) in [7, 11) is -3.58. The molecule has 7 nitrogen and oxygen atoms in total. The zero-order valence-corrected chi connectivity index (χ0v) is 20.8. The summed E-state index contributed by atoms with van der Waals surface area (Å²) in [5, 5.41) is 1.59. The first kappa shape index (κ1) is 27.5. The van der Waals surface area contributed by atoms with Crippen LogP contribution in [0.2, 0.25) is 0 Å². The molecule has 0 rings (SSSR count). The number of nitrogens with zero attached hydrogens (tertiary/aromatic N) is 1. The number of hydrogen-bond donors (Lipinski definition) is 0. The molecule has 168 valence electrons. The standard InChI is InChI=1S/C20H42NO6P/c1-13-24-28(23,25-14-2)17(18(4,5)6)21(19(7,8)9)27-15(3)16(22)26-20(10,11)12/h15,17H,13-14H2,1-12H3. The van der Waals surface area contributed by atoms with Crippen molar-refractivity contribution in [1.29, 1.82) is 0 Å². The van der Waals surface area contributed by atoms with E-state index in [1.54, 1.807) is 46.6 Å². The van der Waals surface area contributed by atoms with Crippen molar-refractivity contribution < 1.29 is 28.0 Å². The third-order valence-corrected chi connectivity index (χ3v) is 6.41. The summed E-state index contributed by atoms with van der Waals surface area (Å²) in [4.78, 5) is 18.6. The lowest BCUT2D eigenvalue weighted by Crippen LogP contribution is -2.55. The van der Waals surface area contributed by atoms with E-state index >= 15 is 0 Å². The second-order valence-electron chi connectivity index (χ2n) is 9.89. The van der Waals surface area contributed by atoms with Gasteiger partial charge in [-0.05, 0) is 67.7 Å². The van der Waals surface area contributed by atoms with Crippen molar-refractivity contribution in [3.8, 4) is 0 Å². The minimum Gasteiger partial charge on any atom is -0.458 e.